The quantitative estimate of drug-likeness (QED) is 0.773. The largest absolute Gasteiger partial charge is 0.274 e. The van der Waals surface area contributed by atoms with Crippen LogP contribution in [0.25, 0.3) is 0 Å². The van der Waals surface area contributed by atoms with Gasteiger partial charge in [-0.1, -0.05) is 17.7 Å². The average molecular weight is 321 g/mol. The molecule has 4 amide bonds. The number of likely N-dealkylation sites (tertiary alicyclic amines) is 1. The summed E-state index contributed by atoms with van der Waals surface area (Å²) in [5.74, 6) is -1.81. The van der Waals surface area contributed by atoms with E-state index in [4.69, 9.17) is 11.6 Å². The lowest BCUT2D eigenvalue weighted by molar-refractivity contribution is -0.144. The zero-order chi connectivity index (χ0) is 16.0. The van der Waals surface area contributed by atoms with Gasteiger partial charge in [-0.25, -0.2) is 4.90 Å². The van der Waals surface area contributed by atoms with Crippen LogP contribution in [0.2, 0.25) is 5.02 Å². The van der Waals surface area contributed by atoms with Crippen molar-refractivity contribution in [3.8, 4) is 0 Å². The van der Waals surface area contributed by atoms with Gasteiger partial charge in [0.15, 0.2) is 0 Å². The van der Waals surface area contributed by atoms with Crippen LogP contribution in [0.5, 0.6) is 0 Å². The third-order valence-electron chi connectivity index (χ3n) is 3.94. The van der Waals surface area contributed by atoms with Gasteiger partial charge in [-0.3, -0.25) is 24.1 Å². The number of nitrogens with zero attached hydrogens (tertiary/aromatic N) is 2. The Morgan fingerprint density at radius 3 is 2.27 bits per heavy atom. The minimum Gasteiger partial charge on any atom is -0.274 e. The van der Waals surface area contributed by atoms with Crippen LogP contribution in [0.1, 0.15) is 24.8 Å². The molecule has 6 nitrogen and oxygen atoms in total. The molecule has 2 aliphatic heterocycles. The van der Waals surface area contributed by atoms with Crippen molar-refractivity contribution in [1.29, 1.82) is 0 Å². The Bertz CT molecular complexity index is 699. The second-order valence-corrected chi connectivity index (χ2v) is 5.79. The van der Waals surface area contributed by atoms with Crippen LogP contribution in [-0.2, 0) is 19.2 Å². The zero-order valence-electron chi connectivity index (χ0n) is 11.8. The van der Waals surface area contributed by atoms with Crippen molar-refractivity contribution in [3.63, 3.8) is 0 Å². The maximum Gasteiger partial charge on any atom is 0.257 e. The summed E-state index contributed by atoms with van der Waals surface area (Å²) in [6.45, 7) is 1.81. The van der Waals surface area contributed by atoms with Crippen LogP contribution in [0, 0.1) is 6.92 Å². The summed E-state index contributed by atoms with van der Waals surface area (Å²) in [7, 11) is 0. The molecule has 0 radical (unpaired) electrons. The SMILES string of the molecule is Cc1ccc(N2C(=O)CC(N3C(=O)CCC3=O)C2=O)cc1Cl. The summed E-state index contributed by atoms with van der Waals surface area (Å²) in [4.78, 5) is 50.1. The molecule has 2 saturated heterocycles. The Labute approximate surface area is 131 Å². The highest BCUT2D eigenvalue weighted by molar-refractivity contribution is 6.32. The van der Waals surface area contributed by atoms with Gasteiger partial charge in [0.2, 0.25) is 17.7 Å². The topological polar surface area (TPSA) is 74.8 Å². The van der Waals surface area contributed by atoms with Crippen molar-refractivity contribution in [3.05, 3.63) is 28.8 Å². The van der Waals surface area contributed by atoms with E-state index < -0.39 is 29.7 Å². The summed E-state index contributed by atoms with van der Waals surface area (Å²) in [5.41, 5.74) is 1.18. The molecular weight excluding hydrogens is 308 g/mol. The fraction of sp³-hybridized carbons (Fsp3) is 0.333. The van der Waals surface area contributed by atoms with Crippen molar-refractivity contribution in [1.82, 2.24) is 4.90 Å². The highest BCUT2D eigenvalue weighted by Gasteiger charge is 2.48. The van der Waals surface area contributed by atoms with Crippen molar-refractivity contribution < 1.29 is 19.2 Å². The molecule has 22 heavy (non-hydrogen) atoms. The second kappa shape index (κ2) is 5.21. The van der Waals surface area contributed by atoms with Gasteiger partial charge in [-0.05, 0) is 24.6 Å². The molecule has 2 aliphatic rings. The minimum absolute atomic E-state index is 0.0904. The highest BCUT2D eigenvalue weighted by Crippen LogP contribution is 2.30. The molecule has 2 heterocycles. The van der Waals surface area contributed by atoms with E-state index in [0.717, 1.165) is 15.4 Å². The number of halogens is 1. The van der Waals surface area contributed by atoms with Crippen LogP contribution < -0.4 is 4.90 Å². The number of hydrogen-bond donors (Lipinski definition) is 0. The second-order valence-electron chi connectivity index (χ2n) is 5.38. The molecule has 0 bridgehead atoms. The number of amides is 4. The van der Waals surface area contributed by atoms with Crippen LogP contribution >= 0.6 is 11.6 Å². The predicted molar refractivity (Wildman–Crippen MR) is 78.2 cm³/mol. The Morgan fingerprint density at radius 2 is 1.68 bits per heavy atom. The first-order chi connectivity index (χ1) is 10.4. The molecule has 7 heteroatoms. The summed E-state index contributed by atoms with van der Waals surface area (Å²) in [6, 6.07) is 3.82. The van der Waals surface area contributed by atoms with Crippen molar-refractivity contribution in [2.24, 2.45) is 0 Å². The van der Waals surface area contributed by atoms with Crippen LogP contribution in [-0.4, -0.2) is 34.6 Å². The molecule has 0 aliphatic carbocycles. The molecule has 0 spiro atoms. The Kier molecular flexibility index (Phi) is 3.48. The van der Waals surface area contributed by atoms with E-state index in [-0.39, 0.29) is 19.3 Å². The Hall–Kier alpha value is -2.21. The number of hydrogen-bond acceptors (Lipinski definition) is 4. The van der Waals surface area contributed by atoms with Gasteiger partial charge in [-0.15, -0.1) is 0 Å². The summed E-state index contributed by atoms with van der Waals surface area (Å²) < 4.78 is 0. The van der Waals surface area contributed by atoms with E-state index in [2.05, 4.69) is 0 Å². The first-order valence-electron chi connectivity index (χ1n) is 6.88. The van der Waals surface area contributed by atoms with Gasteiger partial charge in [0.25, 0.3) is 5.91 Å². The third-order valence-corrected chi connectivity index (χ3v) is 4.35. The van der Waals surface area contributed by atoms with Crippen molar-refractivity contribution in [2.45, 2.75) is 32.2 Å². The van der Waals surface area contributed by atoms with E-state index >= 15 is 0 Å². The van der Waals surface area contributed by atoms with E-state index in [1.54, 1.807) is 12.1 Å². The zero-order valence-corrected chi connectivity index (χ0v) is 12.6. The predicted octanol–water partition coefficient (Wildman–Crippen LogP) is 1.43. The van der Waals surface area contributed by atoms with Crippen molar-refractivity contribution >= 4 is 40.9 Å². The summed E-state index contributed by atoms with van der Waals surface area (Å²) in [5, 5.41) is 0.440. The van der Waals surface area contributed by atoms with E-state index in [9.17, 15) is 19.2 Å². The van der Waals surface area contributed by atoms with Gasteiger partial charge < -0.3 is 0 Å². The van der Waals surface area contributed by atoms with Gasteiger partial charge in [0, 0.05) is 17.9 Å². The lowest BCUT2D eigenvalue weighted by Crippen LogP contribution is -2.44. The molecule has 1 unspecified atom stereocenters. The number of anilines is 1. The number of benzene rings is 1. The first-order valence-corrected chi connectivity index (χ1v) is 7.26. The summed E-state index contributed by atoms with van der Waals surface area (Å²) in [6.07, 6.45) is 0.00212. The smallest absolute Gasteiger partial charge is 0.257 e. The van der Waals surface area contributed by atoms with E-state index in [1.807, 2.05) is 6.92 Å². The number of carbonyl (C=O) groups excluding carboxylic acids is 4. The third kappa shape index (κ3) is 2.20. The van der Waals surface area contributed by atoms with E-state index in [1.165, 1.54) is 6.07 Å². The molecule has 3 rings (SSSR count). The number of imide groups is 2. The van der Waals surface area contributed by atoms with Crippen LogP contribution in [0.4, 0.5) is 5.69 Å². The molecule has 0 saturated carbocycles. The molecule has 1 aromatic carbocycles. The fourth-order valence-corrected chi connectivity index (χ4v) is 2.93. The molecule has 1 aromatic rings. The number of carbonyl (C=O) groups is 4. The maximum absolute atomic E-state index is 12.5. The number of aryl methyl sites for hydroxylation is 1. The fourth-order valence-electron chi connectivity index (χ4n) is 2.75. The Morgan fingerprint density at radius 1 is 1.05 bits per heavy atom. The van der Waals surface area contributed by atoms with Gasteiger partial charge in [0.1, 0.15) is 6.04 Å². The van der Waals surface area contributed by atoms with Gasteiger partial charge in [0.05, 0.1) is 12.1 Å². The average Bonchev–Trinajstić information content (AvgIpc) is 2.93. The van der Waals surface area contributed by atoms with Crippen LogP contribution in [0.15, 0.2) is 18.2 Å². The molecule has 0 N–H and O–H groups in total. The highest BCUT2D eigenvalue weighted by atomic mass is 35.5. The standard InChI is InChI=1S/C15H13ClN2O4/c1-8-2-3-9(6-10(8)16)17-14(21)7-11(15(17)22)18-12(19)4-5-13(18)20/h2-3,6,11H,4-5,7H2,1H3. The molecule has 2 fully saturated rings. The molecular formula is C15H13ClN2O4. The Balaban J connectivity index is 1.93. The number of rotatable bonds is 2. The molecule has 0 aromatic heterocycles. The molecule has 114 valence electrons. The van der Waals surface area contributed by atoms with Crippen LogP contribution in [0.3, 0.4) is 0 Å². The lowest BCUT2D eigenvalue weighted by atomic mass is 10.2. The minimum atomic E-state index is -1.03. The van der Waals surface area contributed by atoms with Gasteiger partial charge in [-0.2, -0.15) is 0 Å². The molecule has 1 atom stereocenters. The normalized spacial score (nSPS) is 22.2. The summed E-state index contributed by atoms with van der Waals surface area (Å²) >= 11 is 6.03. The first kappa shape index (κ1) is 14.7. The van der Waals surface area contributed by atoms with E-state index in [0.29, 0.717) is 10.7 Å². The monoisotopic (exact) mass is 320 g/mol. The van der Waals surface area contributed by atoms with Crippen molar-refractivity contribution in [2.75, 3.05) is 4.90 Å². The lowest BCUT2D eigenvalue weighted by Gasteiger charge is -2.20. The van der Waals surface area contributed by atoms with Gasteiger partial charge >= 0.3 is 0 Å². The maximum atomic E-state index is 12.5.